The molecule has 34 heavy (non-hydrogen) atoms. The third-order valence-electron chi connectivity index (χ3n) is 5.32. The van der Waals surface area contributed by atoms with E-state index in [1.165, 1.54) is 24.3 Å². The summed E-state index contributed by atoms with van der Waals surface area (Å²) in [5.41, 5.74) is 7.70. The van der Waals surface area contributed by atoms with E-state index in [0.717, 1.165) is 10.5 Å². The van der Waals surface area contributed by atoms with Gasteiger partial charge in [-0.2, -0.15) is 0 Å². The van der Waals surface area contributed by atoms with Gasteiger partial charge in [0.1, 0.15) is 6.04 Å². The quantitative estimate of drug-likeness (QED) is 0.384. The van der Waals surface area contributed by atoms with Gasteiger partial charge in [-0.25, -0.2) is 0 Å². The third-order valence-corrected chi connectivity index (χ3v) is 5.32. The highest BCUT2D eigenvalue weighted by molar-refractivity contribution is 6.02. The molecule has 0 saturated carbocycles. The minimum atomic E-state index is -1.09. The van der Waals surface area contributed by atoms with Crippen LogP contribution in [0.25, 0.3) is 0 Å². The lowest BCUT2D eigenvalue weighted by Gasteiger charge is -2.31. The van der Waals surface area contributed by atoms with Crippen LogP contribution in [0.5, 0.6) is 0 Å². The van der Waals surface area contributed by atoms with Crippen LogP contribution in [0.4, 0.5) is 5.69 Å². The number of benzene rings is 2. The van der Waals surface area contributed by atoms with Gasteiger partial charge in [-0.05, 0) is 44.2 Å². The van der Waals surface area contributed by atoms with E-state index < -0.39 is 34.7 Å². The third kappa shape index (κ3) is 7.48. The van der Waals surface area contributed by atoms with Crippen molar-refractivity contribution in [3.8, 4) is 0 Å². The van der Waals surface area contributed by atoms with E-state index in [9.17, 15) is 24.5 Å². The summed E-state index contributed by atoms with van der Waals surface area (Å²) >= 11 is 0. The van der Waals surface area contributed by atoms with Crippen molar-refractivity contribution in [3.05, 3.63) is 75.8 Å². The lowest BCUT2D eigenvalue weighted by molar-refractivity contribution is -0.384. The summed E-state index contributed by atoms with van der Waals surface area (Å²) in [7, 11) is 0. The maximum absolute atomic E-state index is 13.4. The van der Waals surface area contributed by atoms with Crippen LogP contribution in [0.2, 0.25) is 0 Å². The minimum Gasteiger partial charge on any atom is -0.352 e. The number of amides is 3. The fraction of sp³-hybridized carbons (Fsp3) is 0.400. The van der Waals surface area contributed by atoms with Crippen molar-refractivity contribution in [2.24, 2.45) is 5.73 Å². The van der Waals surface area contributed by atoms with Crippen LogP contribution < -0.4 is 11.1 Å². The molecule has 0 fully saturated rings. The second kappa shape index (κ2) is 12.6. The highest BCUT2D eigenvalue weighted by Crippen LogP contribution is 2.17. The normalized spacial score (nSPS) is 12.6. The molecule has 0 aromatic heterocycles. The predicted octanol–water partition coefficient (Wildman–Crippen LogP) is 2.76. The van der Waals surface area contributed by atoms with Crippen LogP contribution in [0.3, 0.4) is 0 Å². The number of hydrogen-bond acceptors (Lipinski definition) is 6. The Morgan fingerprint density at radius 2 is 1.65 bits per heavy atom. The zero-order valence-corrected chi connectivity index (χ0v) is 19.8. The fourth-order valence-electron chi connectivity index (χ4n) is 3.60. The summed E-state index contributed by atoms with van der Waals surface area (Å²) in [6.07, 6.45) is 0.855. The molecule has 0 bridgehead atoms. The van der Waals surface area contributed by atoms with Gasteiger partial charge in [-0.3, -0.25) is 29.4 Å². The number of nitrogens with two attached hydrogens (primary N) is 1. The van der Waals surface area contributed by atoms with Gasteiger partial charge in [-0.1, -0.05) is 49.4 Å². The van der Waals surface area contributed by atoms with E-state index in [0.29, 0.717) is 12.0 Å². The molecule has 0 aliphatic heterocycles. The molecular weight excluding hydrogens is 436 g/mol. The summed E-state index contributed by atoms with van der Waals surface area (Å²) < 4.78 is 0. The minimum absolute atomic E-state index is 0.0345. The van der Waals surface area contributed by atoms with E-state index in [-0.39, 0.29) is 31.0 Å². The number of aryl methyl sites for hydroxylation is 1. The van der Waals surface area contributed by atoms with Gasteiger partial charge < -0.3 is 11.1 Å². The molecule has 3 N–H and O–H groups in total. The van der Waals surface area contributed by atoms with Gasteiger partial charge >= 0.3 is 0 Å². The average molecular weight is 469 g/mol. The van der Waals surface area contributed by atoms with Gasteiger partial charge in [0, 0.05) is 24.6 Å². The topological polar surface area (TPSA) is 136 Å². The smallest absolute Gasteiger partial charge is 0.269 e. The number of non-ortho nitro benzene ring substituents is 1. The van der Waals surface area contributed by atoms with E-state index in [2.05, 4.69) is 5.32 Å². The standard InChI is InChI=1S/C25H32N4O5/c1-4-23(30)28(25(32)21(26)16-19-10-13-20(14-11-19)29(33)34)22(24(31)27-17(2)3)15-12-18-8-6-5-7-9-18/h5-11,13-14,17,21-22H,4,12,15-16,26H2,1-3H3,(H,27,31)/t21-,22?/m0/s1. The second-order valence-corrected chi connectivity index (χ2v) is 8.39. The van der Waals surface area contributed by atoms with Crippen molar-refractivity contribution < 1.29 is 19.3 Å². The van der Waals surface area contributed by atoms with Crippen LogP contribution in [0, 0.1) is 10.1 Å². The van der Waals surface area contributed by atoms with Crippen LogP contribution in [-0.2, 0) is 27.2 Å². The SMILES string of the molecule is CCC(=O)N(C(=O)[C@@H](N)Cc1ccc([N+](=O)[O-])cc1)C(CCc1ccccc1)C(=O)NC(C)C. The van der Waals surface area contributed by atoms with E-state index in [1.807, 2.05) is 30.3 Å². The van der Waals surface area contributed by atoms with Crippen molar-refractivity contribution in [1.82, 2.24) is 10.2 Å². The first-order chi connectivity index (χ1) is 16.1. The molecule has 3 amide bonds. The first kappa shape index (κ1) is 26.7. The number of rotatable bonds is 11. The lowest BCUT2D eigenvalue weighted by atomic mass is 10.00. The largest absolute Gasteiger partial charge is 0.352 e. The molecule has 182 valence electrons. The van der Waals surface area contributed by atoms with E-state index in [4.69, 9.17) is 5.73 Å². The lowest BCUT2D eigenvalue weighted by Crippen LogP contribution is -2.57. The highest BCUT2D eigenvalue weighted by Gasteiger charge is 2.36. The Bertz CT molecular complexity index is 992. The number of imide groups is 1. The van der Waals surface area contributed by atoms with Crippen molar-refractivity contribution in [3.63, 3.8) is 0 Å². The Hall–Kier alpha value is -3.59. The molecule has 2 rings (SSSR count). The summed E-state index contributed by atoms with van der Waals surface area (Å²) in [5, 5.41) is 13.7. The van der Waals surface area contributed by atoms with Gasteiger partial charge in [0.15, 0.2) is 0 Å². The molecule has 0 saturated heterocycles. The molecule has 0 aliphatic rings. The number of nitro benzene ring substituents is 1. The van der Waals surface area contributed by atoms with Gasteiger partial charge in [0.25, 0.3) is 5.69 Å². The van der Waals surface area contributed by atoms with Crippen LogP contribution in [0.1, 0.15) is 44.7 Å². The average Bonchev–Trinajstić information content (AvgIpc) is 2.81. The second-order valence-electron chi connectivity index (χ2n) is 8.39. The zero-order chi connectivity index (χ0) is 25.3. The maximum Gasteiger partial charge on any atom is 0.269 e. The summed E-state index contributed by atoms with van der Waals surface area (Å²) in [5.74, 6) is -1.55. The number of nitrogens with one attached hydrogen (secondary N) is 1. The molecule has 2 aromatic carbocycles. The summed E-state index contributed by atoms with van der Waals surface area (Å²) in [4.78, 5) is 50.6. The van der Waals surface area contributed by atoms with Crippen LogP contribution >= 0.6 is 0 Å². The number of nitro groups is 1. The van der Waals surface area contributed by atoms with E-state index >= 15 is 0 Å². The Morgan fingerprint density at radius 3 is 2.18 bits per heavy atom. The Labute approximate surface area is 199 Å². The molecular formula is C25H32N4O5. The number of hydrogen-bond donors (Lipinski definition) is 2. The first-order valence-electron chi connectivity index (χ1n) is 11.3. The number of nitrogens with zero attached hydrogens (tertiary/aromatic N) is 2. The molecule has 0 radical (unpaired) electrons. The number of carbonyl (C=O) groups is 3. The zero-order valence-electron chi connectivity index (χ0n) is 19.8. The molecule has 0 spiro atoms. The molecule has 2 atom stereocenters. The Morgan fingerprint density at radius 1 is 1.03 bits per heavy atom. The molecule has 9 heteroatoms. The van der Waals surface area contributed by atoms with Gasteiger partial charge in [-0.15, -0.1) is 0 Å². The first-order valence-corrected chi connectivity index (χ1v) is 11.3. The van der Waals surface area contributed by atoms with Crippen molar-refractivity contribution in [2.45, 2.75) is 64.6 Å². The Balaban J connectivity index is 2.28. The summed E-state index contributed by atoms with van der Waals surface area (Å²) in [6.45, 7) is 5.24. The molecule has 2 aromatic rings. The molecule has 0 aliphatic carbocycles. The maximum atomic E-state index is 13.4. The number of carbonyl (C=O) groups excluding carboxylic acids is 3. The van der Waals surface area contributed by atoms with Gasteiger partial charge in [0.2, 0.25) is 17.7 Å². The fourth-order valence-corrected chi connectivity index (χ4v) is 3.60. The van der Waals surface area contributed by atoms with Crippen molar-refractivity contribution >= 4 is 23.4 Å². The molecule has 1 unspecified atom stereocenters. The Kier molecular flexibility index (Phi) is 9.88. The predicted molar refractivity (Wildman–Crippen MR) is 129 cm³/mol. The van der Waals surface area contributed by atoms with Crippen LogP contribution in [0.15, 0.2) is 54.6 Å². The molecule has 9 nitrogen and oxygen atoms in total. The monoisotopic (exact) mass is 468 g/mol. The van der Waals surface area contributed by atoms with Crippen LogP contribution in [-0.4, -0.2) is 45.7 Å². The summed E-state index contributed by atoms with van der Waals surface area (Å²) in [6, 6.07) is 12.9. The highest BCUT2D eigenvalue weighted by atomic mass is 16.6. The van der Waals surface area contributed by atoms with Crippen molar-refractivity contribution in [2.75, 3.05) is 0 Å². The van der Waals surface area contributed by atoms with Gasteiger partial charge in [0.05, 0.1) is 11.0 Å². The van der Waals surface area contributed by atoms with E-state index in [1.54, 1.807) is 20.8 Å². The van der Waals surface area contributed by atoms with Crippen molar-refractivity contribution in [1.29, 1.82) is 0 Å². The molecule has 0 heterocycles.